The number of fused-ring (bicyclic) bond motifs is 1. The first-order valence-electron chi connectivity index (χ1n) is 8.95. The zero-order chi connectivity index (χ0) is 20.5. The van der Waals surface area contributed by atoms with Crippen LogP contribution in [0.3, 0.4) is 0 Å². The van der Waals surface area contributed by atoms with Crippen molar-refractivity contribution in [1.82, 2.24) is 14.7 Å². The first-order valence-corrected chi connectivity index (χ1v) is 9.74. The lowest BCUT2D eigenvalue weighted by atomic mass is 10.1. The van der Waals surface area contributed by atoms with Gasteiger partial charge >= 0.3 is 0 Å². The molecule has 1 aliphatic heterocycles. The van der Waals surface area contributed by atoms with Crippen molar-refractivity contribution < 1.29 is 14.4 Å². The number of nitrogens with zero attached hydrogens (tertiary/aromatic N) is 3. The van der Waals surface area contributed by atoms with Gasteiger partial charge in [-0.25, -0.2) is 4.68 Å². The molecule has 0 aliphatic carbocycles. The Morgan fingerprint density at radius 1 is 1.03 bits per heavy atom. The summed E-state index contributed by atoms with van der Waals surface area (Å²) in [4.78, 5) is 38.5. The van der Waals surface area contributed by atoms with Crippen LogP contribution >= 0.6 is 15.9 Å². The lowest BCUT2D eigenvalue weighted by Crippen LogP contribution is -2.37. The molecule has 8 heteroatoms. The monoisotopic (exact) mass is 452 g/mol. The Balaban J connectivity index is 1.45. The van der Waals surface area contributed by atoms with Crippen LogP contribution in [0.5, 0.6) is 0 Å². The number of benzene rings is 2. The maximum Gasteiger partial charge on any atom is 0.262 e. The van der Waals surface area contributed by atoms with Crippen LogP contribution in [-0.4, -0.2) is 38.9 Å². The molecule has 0 bridgehead atoms. The predicted molar refractivity (Wildman–Crippen MR) is 111 cm³/mol. The van der Waals surface area contributed by atoms with E-state index in [-0.39, 0.29) is 6.54 Å². The Hall–Kier alpha value is -3.26. The van der Waals surface area contributed by atoms with Crippen LogP contribution in [0.25, 0.3) is 0 Å². The fraction of sp³-hybridized carbons (Fsp3) is 0.143. The number of aromatic nitrogens is 2. The van der Waals surface area contributed by atoms with Gasteiger partial charge in [0.05, 0.1) is 23.9 Å². The lowest BCUT2D eigenvalue weighted by molar-refractivity contribution is -0.116. The van der Waals surface area contributed by atoms with Crippen molar-refractivity contribution in [1.29, 1.82) is 0 Å². The molecule has 146 valence electrons. The highest BCUT2D eigenvalue weighted by molar-refractivity contribution is 9.10. The van der Waals surface area contributed by atoms with E-state index >= 15 is 0 Å². The molecule has 1 aliphatic rings. The van der Waals surface area contributed by atoms with Gasteiger partial charge in [-0.15, -0.1) is 0 Å². The van der Waals surface area contributed by atoms with E-state index in [0.29, 0.717) is 28.0 Å². The predicted octanol–water partition coefficient (Wildman–Crippen LogP) is 3.24. The summed E-state index contributed by atoms with van der Waals surface area (Å²) in [7, 11) is 0. The number of hydrogen-bond donors (Lipinski definition) is 1. The minimum Gasteiger partial charge on any atom is -0.309 e. The summed E-state index contributed by atoms with van der Waals surface area (Å²) in [5.41, 5.74) is 2.80. The molecule has 3 aromatic rings. The van der Waals surface area contributed by atoms with Crippen molar-refractivity contribution in [3.63, 3.8) is 0 Å². The first kappa shape index (κ1) is 19.1. The third kappa shape index (κ3) is 3.84. The molecule has 0 radical (unpaired) electrons. The van der Waals surface area contributed by atoms with E-state index in [0.717, 1.165) is 16.0 Å². The number of carbonyl (C=O) groups excluding carboxylic acids is 3. The Kier molecular flexibility index (Phi) is 5.02. The normalized spacial score (nSPS) is 13.0. The number of aryl methyl sites for hydroxylation is 1. The number of amides is 3. The zero-order valence-corrected chi connectivity index (χ0v) is 17.1. The molecule has 1 N–H and O–H groups in total. The second-order valence-electron chi connectivity index (χ2n) is 6.79. The van der Waals surface area contributed by atoms with Crippen molar-refractivity contribution >= 4 is 39.5 Å². The fourth-order valence-corrected chi connectivity index (χ4v) is 3.52. The van der Waals surface area contributed by atoms with Gasteiger partial charge in [0.1, 0.15) is 12.4 Å². The van der Waals surface area contributed by atoms with Crippen molar-refractivity contribution in [3.8, 4) is 0 Å². The van der Waals surface area contributed by atoms with E-state index in [1.54, 1.807) is 35.1 Å². The summed E-state index contributed by atoms with van der Waals surface area (Å²) in [6, 6.07) is 14.6. The molecule has 2 heterocycles. The van der Waals surface area contributed by atoms with Gasteiger partial charge in [-0.1, -0.05) is 45.8 Å². The van der Waals surface area contributed by atoms with Crippen LogP contribution in [0, 0.1) is 6.92 Å². The number of rotatable bonds is 5. The van der Waals surface area contributed by atoms with Crippen LogP contribution < -0.4 is 5.32 Å². The summed E-state index contributed by atoms with van der Waals surface area (Å²) in [6.45, 7) is 2.14. The van der Waals surface area contributed by atoms with Crippen LogP contribution in [-0.2, 0) is 11.3 Å². The molecule has 0 saturated heterocycles. The van der Waals surface area contributed by atoms with Crippen LogP contribution in [0.1, 0.15) is 31.8 Å². The summed E-state index contributed by atoms with van der Waals surface area (Å²) in [5.74, 6) is -0.922. The fourth-order valence-electron chi connectivity index (χ4n) is 3.16. The minimum absolute atomic E-state index is 0.293. The standard InChI is InChI=1S/C21H17BrN4O3/c1-13-2-4-14(5-3-13)11-26-18(8-9-23-26)24-19(27)12-25-20(28)16-7-6-15(22)10-17(16)21(25)29/h2-10H,11-12H2,1H3,(H,24,27). The van der Waals surface area contributed by atoms with E-state index in [9.17, 15) is 14.4 Å². The van der Waals surface area contributed by atoms with Crippen molar-refractivity contribution in [2.75, 3.05) is 11.9 Å². The number of halogens is 1. The van der Waals surface area contributed by atoms with Gasteiger partial charge in [-0.2, -0.15) is 5.10 Å². The molecule has 2 aromatic carbocycles. The highest BCUT2D eigenvalue weighted by Crippen LogP contribution is 2.26. The first-order chi connectivity index (χ1) is 13.9. The summed E-state index contributed by atoms with van der Waals surface area (Å²) < 4.78 is 2.35. The number of hydrogen-bond acceptors (Lipinski definition) is 4. The maximum absolute atomic E-state index is 12.5. The zero-order valence-electron chi connectivity index (χ0n) is 15.6. The highest BCUT2D eigenvalue weighted by atomic mass is 79.9. The third-order valence-electron chi connectivity index (χ3n) is 4.67. The van der Waals surface area contributed by atoms with E-state index in [1.807, 2.05) is 31.2 Å². The molecule has 0 saturated carbocycles. The molecular weight excluding hydrogens is 436 g/mol. The molecule has 3 amide bonds. The van der Waals surface area contributed by atoms with Gasteiger partial charge in [0, 0.05) is 10.5 Å². The lowest BCUT2D eigenvalue weighted by Gasteiger charge is -2.14. The molecule has 7 nitrogen and oxygen atoms in total. The Morgan fingerprint density at radius 3 is 2.52 bits per heavy atom. The summed E-state index contributed by atoms with van der Waals surface area (Å²) in [5, 5.41) is 6.97. The number of carbonyl (C=O) groups is 3. The third-order valence-corrected chi connectivity index (χ3v) is 5.16. The maximum atomic E-state index is 12.5. The molecule has 0 spiro atoms. The molecule has 0 fully saturated rings. The molecule has 0 atom stereocenters. The minimum atomic E-state index is -0.477. The molecule has 0 unspecified atom stereocenters. The van der Waals surface area contributed by atoms with Gasteiger partial charge in [-0.05, 0) is 30.7 Å². The van der Waals surface area contributed by atoms with Crippen LogP contribution in [0.2, 0.25) is 0 Å². The van der Waals surface area contributed by atoms with Gasteiger partial charge in [0.15, 0.2) is 0 Å². The smallest absolute Gasteiger partial charge is 0.262 e. The van der Waals surface area contributed by atoms with Crippen molar-refractivity contribution in [2.45, 2.75) is 13.5 Å². The molecular formula is C21H17BrN4O3. The average Bonchev–Trinajstić information content (AvgIpc) is 3.21. The summed E-state index contributed by atoms with van der Waals surface area (Å²) >= 11 is 3.29. The van der Waals surface area contributed by atoms with Crippen LogP contribution in [0.4, 0.5) is 5.82 Å². The highest BCUT2D eigenvalue weighted by Gasteiger charge is 2.36. The molecule has 1 aromatic heterocycles. The van der Waals surface area contributed by atoms with Crippen LogP contribution in [0.15, 0.2) is 59.2 Å². The molecule has 4 rings (SSSR count). The van der Waals surface area contributed by atoms with Crippen molar-refractivity contribution in [2.24, 2.45) is 0 Å². The Morgan fingerprint density at radius 2 is 1.76 bits per heavy atom. The number of nitrogens with one attached hydrogen (secondary N) is 1. The SMILES string of the molecule is Cc1ccc(Cn2nccc2NC(=O)CN2C(=O)c3ccc(Br)cc3C2=O)cc1. The topological polar surface area (TPSA) is 84.3 Å². The van der Waals surface area contributed by atoms with E-state index in [2.05, 4.69) is 26.3 Å². The van der Waals surface area contributed by atoms with E-state index < -0.39 is 17.7 Å². The molecule has 29 heavy (non-hydrogen) atoms. The number of imide groups is 1. The van der Waals surface area contributed by atoms with E-state index in [4.69, 9.17) is 0 Å². The van der Waals surface area contributed by atoms with Gasteiger partial charge < -0.3 is 5.32 Å². The Labute approximate surface area is 175 Å². The van der Waals surface area contributed by atoms with Crippen molar-refractivity contribution in [3.05, 3.63) is 81.5 Å². The number of anilines is 1. The van der Waals surface area contributed by atoms with Gasteiger partial charge in [0.25, 0.3) is 11.8 Å². The van der Waals surface area contributed by atoms with Gasteiger partial charge in [-0.3, -0.25) is 19.3 Å². The largest absolute Gasteiger partial charge is 0.309 e. The quantitative estimate of drug-likeness (QED) is 0.602. The van der Waals surface area contributed by atoms with Gasteiger partial charge in [0.2, 0.25) is 5.91 Å². The van der Waals surface area contributed by atoms with E-state index in [1.165, 1.54) is 0 Å². The second-order valence-corrected chi connectivity index (χ2v) is 7.71. The summed E-state index contributed by atoms with van der Waals surface area (Å²) in [6.07, 6.45) is 1.59. The second kappa shape index (κ2) is 7.63. The Bertz CT molecular complexity index is 1120. The average molecular weight is 453 g/mol.